The van der Waals surface area contributed by atoms with Crippen LogP contribution in [0.5, 0.6) is 5.75 Å². The number of nitrogens with zero attached hydrogens (tertiary/aromatic N) is 2. The molecule has 8 heteroatoms. The zero-order valence-electron chi connectivity index (χ0n) is 11.9. The molecule has 1 unspecified atom stereocenters. The minimum absolute atomic E-state index is 0. The molecule has 21 heavy (non-hydrogen) atoms. The number of hydrogen-bond donors (Lipinski definition) is 1. The molecule has 1 heterocycles. The van der Waals surface area contributed by atoms with Crippen LogP contribution in [0.25, 0.3) is 0 Å². The number of ether oxygens (including phenoxy) is 1. The van der Waals surface area contributed by atoms with E-state index < -0.39 is 10.0 Å². The highest BCUT2D eigenvalue weighted by Gasteiger charge is 2.32. The topological polar surface area (TPSA) is 82.4 Å². The minimum atomic E-state index is -3.63. The first-order valence-corrected chi connectivity index (χ1v) is 7.71. The van der Waals surface area contributed by atoms with Crippen molar-refractivity contribution in [1.82, 2.24) is 9.62 Å². The third-order valence-corrected chi connectivity index (χ3v) is 5.45. The summed E-state index contributed by atoms with van der Waals surface area (Å²) in [6, 6.07) is 6.25. The molecule has 0 spiro atoms. The maximum absolute atomic E-state index is 12.6. The van der Waals surface area contributed by atoms with Gasteiger partial charge in [0.1, 0.15) is 10.6 Å². The number of sulfonamides is 1. The van der Waals surface area contributed by atoms with Crippen LogP contribution in [0, 0.1) is 11.3 Å². The van der Waals surface area contributed by atoms with Gasteiger partial charge in [0.2, 0.25) is 10.0 Å². The molecule has 1 aliphatic rings. The van der Waals surface area contributed by atoms with E-state index >= 15 is 0 Å². The Bertz CT molecular complexity index is 637. The van der Waals surface area contributed by atoms with Crippen molar-refractivity contribution in [2.75, 3.05) is 27.2 Å². The molecule has 1 saturated heterocycles. The van der Waals surface area contributed by atoms with Gasteiger partial charge in [-0.1, -0.05) is 0 Å². The number of likely N-dealkylation sites (N-methyl/N-ethyl adjacent to an activating group) is 1. The molecule has 0 radical (unpaired) electrons. The van der Waals surface area contributed by atoms with E-state index in [9.17, 15) is 8.42 Å². The summed E-state index contributed by atoms with van der Waals surface area (Å²) in [6.45, 7) is 1.46. The molecule has 2 rings (SSSR count). The normalized spacial score (nSPS) is 18.1. The van der Waals surface area contributed by atoms with Crippen molar-refractivity contribution in [3.63, 3.8) is 0 Å². The van der Waals surface area contributed by atoms with E-state index in [0.717, 1.165) is 13.0 Å². The lowest BCUT2D eigenvalue weighted by molar-refractivity contribution is 0.376. The van der Waals surface area contributed by atoms with E-state index in [1.807, 2.05) is 6.07 Å². The summed E-state index contributed by atoms with van der Waals surface area (Å²) in [6.07, 6.45) is 0.786. The highest BCUT2D eigenvalue weighted by atomic mass is 35.5. The summed E-state index contributed by atoms with van der Waals surface area (Å²) in [5, 5.41) is 12.0. The summed E-state index contributed by atoms with van der Waals surface area (Å²) < 4.78 is 31.8. The lowest BCUT2D eigenvalue weighted by Gasteiger charge is -2.24. The molecule has 1 N–H and O–H groups in total. The predicted octanol–water partition coefficient (Wildman–Crippen LogP) is 0.971. The van der Waals surface area contributed by atoms with Crippen LogP contribution in [0.3, 0.4) is 0 Å². The largest absolute Gasteiger partial charge is 0.495 e. The number of halogens is 1. The van der Waals surface area contributed by atoms with Gasteiger partial charge in [0.15, 0.2) is 0 Å². The van der Waals surface area contributed by atoms with Crippen LogP contribution >= 0.6 is 12.4 Å². The van der Waals surface area contributed by atoms with Crippen molar-refractivity contribution in [3.05, 3.63) is 23.8 Å². The molecule has 0 bridgehead atoms. The number of benzene rings is 1. The van der Waals surface area contributed by atoms with Crippen LogP contribution in [0.1, 0.15) is 12.0 Å². The summed E-state index contributed by atoms with van der Waals surface area (Å²) in [5.41, 5.74) is 0.367. The molecule has 0 amide bonds. The van der Waals surface area contributed by atoms with Gasteiger partial charge in [0, 0.05) is 19.6 Å². The summed E-state index contributed by atoms with van der Waals surface area (Å²) in [5.74, 6) is 0.196. The lowest BCUT2D eigenvalue weighted by Crippen LogP contribution is -2.38. The van der Waals surface area contributed by atoms with Gasteiger partial charge in [-0.25, -0.2) is 8.42 Å². The van der Waals surface area contributed by atoms with Crippen molar-refractivity contribution in [2.24, 2.45) is 0 Å². The van der Waals surface area contributed by atoms with Crippen molar-refractivity contribution < 1.29 is 13.2 Å². The van der Waals surface area contributed by atoms with Crippen LogP contribution in [0.2, 0.25) is 0 Å². The first-order valence-electron chi connectivity index (χ1n) is 6.27. The number of nitriles is 1. The van der Waals surface area contributed by atoms with Crippen LogP contribution in [-0.2, 0) is 10.0 Å². The van der Waals surface area contributed by atoms with Crippen LogP contribution in [0.4, 0.5) is 0 Å². The van der Waals surface area contributed by atoms with Gasteiger partial charge in [0.25, 0.3) is 0 Å². The molecule has 1 aromatic carbocycles. The SMILES string of the molecule is COc1cc(C#N)ccc1S(=O)(=O)N(C)C1CCNC1.Cl. The second-order valence-corrected chi connectivity index (χ2v) is 6.61. The molecular weight excluding hydrogens is 314 g/mol. The van der Waals surface area contributed by atoms with Crippen molar-refractivity contribution in [2.45, 2.75) is 17.4 Å². The summed E-state index contributed by atoms with van der Waals surface area (Å²) in [7, 11) is -0.662. The number of rotatable bonds is 4. The molecular formula is C13H18ClN3O3S. The molecule has 1 fully saturated rings. The molecule has 0 saturated carbocycles. The highest BCUT2D eigenvalue weighted by Crippen LogP contribution is 2.28. The number of nitrogens with one attached hydrogen (secondary N) is 1. The maximum Gasteiger partial charge on any atom is 0.246 e. The second-order valence-electron chi connectivity index (χ2n) is 4.65. The molecule has 6 nitrogen and oxygen atoms in total. The predicted molar refractivity (Wildman–Crippen MR) is 81.2 cm³/mol. The molecule has 1 aromatic rings. The average molecular weight is 332 g/mol. The second kappa shape index (κ2) is 7.09. The Morgan fingerprint density at radius 2 is 2.19 bits per heavy atom. The van der Waals surface area contributed by atoms with Gasteiger partial charge in [-0.2, -0.15) is 9.57 Å². The van der Waals surface area contributed by atoms with Crippen molar-refractivity contribution >= 4 is 22.4 Å². The van der Waals surface area contributed by atoms with E-state index in [4.69, 9.17) is 10.00 Å². The first-order chi connectivity index (χ1) is 9.50. The highest BCUT2D eigenvalue weighted by molar-refractivity contribution is 7.89. The van der Waals surface area contributed by atoms with Gasteiger partial charge in [-0.05, 0) is 31.2 Å². The third-order valence-electron chi connectivity index (χ3n) is 3.50. The Labute approximate surface area is 131 Å². The summed E-state index contributed by atoms with van der Waals surface area (Å²) >= 11 is 0. The molecule has 0 aliphatic carbocycles. The standard InChI is InChI=1S/C13H17N3O3S.ClH/c1-16(11-5-6-15-9-11)20(17,18)13-4-3-10(8-14)7-12(13)19-2;/h3-4,7,11,15H,5-6,9H2,1-2H3;1H. The van der Waals surface area contributed by atoms with Gasteiger partial charge in [0.05, 0.1) is 18.7 Å². The van der Waals surface area contributed by atoms with Gasteiger partial charge >= 0.3 is 0 Å². The van der Waals surface area contributed by atoms with E-state index in [1.54, 1.807) is 7.05 Å². The molecule has 1 aliphatic heterocycles. The Morgan fingerprint density at radius 3 is 2.71 bits per heavy atom. The first kappa shape index (κ1) is 17.7. The van der Waals surface area contributed by atoms with E-state index in [-0.39, 0.29) is 29.1 Å². The zero-order valence-corrected chi connectivity index (χ0v) is 13.5. The van der Waals surface area contributed by atoms with Crippen LogP contribution in [0.15, 0.2) is 23.1 Å². The smallest absolute Gasteiger partial charge is 0.246 e. The summed E-state index contributed by atoms with van der Waals surface area (Å²) in [4.78, 5) is 0.0911. The van der Waals surface area contributed by atoms with Gasteiger partial charge in [-0.3, -0.25) is 0 Å². The van der Waals surface area contributed by atoms with E-state index in [2.05, 4.69) is 5.32 Å². The fourth-order valence-corrected chi connectivity index (χ4v) is 3.77. The van der Waals surface area contributed by atoms with Crippen LogP contribution < -0.4 is 10.1 Å². The molecule has 1 atom stereocenters. The maximum atomic E-state index is 12.6. The Hall–Kier alpha value is -1.33. The Kier molecular flexibility index (Phi) is 5.98. The fraction of sp³-hybridized carbons (Fsp3) is 0.462. The average Bonchev–Trinajstić information content (AvgIpc) is 2.99. The van der Waals surface area contributed by atoms with E-state index in [1.165, 1.54) is 29.6 Å². The van der Waals surface area contributed by atoms with Crippen molar-refractivity contribution in [3.8, 4) is 11.8 Å². The lowest BCUT2D eigenvalue weighted by atomic mass is 10.2. The molecule has 0 aromatic heterocycles. The third kappa shape index (κ3) is 3.47. The number of hydrogen-bond acceptors (Lipinski definition) is 5. The van der Waals surface area contributed by atoms with Gasteiger partial charge in [-0.15, -0.1) is 12.4 Å². The monoisotopic (exact) mass is 331 g/mol. The minimum Gasteiger partial charge on any atom is -0.495 e. The number of methoxy groups -OCH3 is 1. The fourth-order valence-electron chi connectivity index (χ4n) is 2.25. The Morgan fingerprint density at radius 1 is 1.48 bits per heavy atom. The van der Waals surface area contributed by atoms with Crippen LogP contribution in [-0.4, -0.2) is 46.0 Å². The van der Waals surface area contributed by atoms with Gasteiger partial charge < -0.3 is 10.1 Å². The zero-order chi connectivity index (χ0) is 14.8. The quantitative estimate of drug-likeness (QED) is 0.889. The van der Waals surface area contributed by atoms with E-state index in [0.29, 0.717) is 12.1 Å². The van der Waals surface area contributed by atoms with Crippen molar-refractivity contribution in [1.29, 1.82) is 5.26 Å². The molecule has 116 valence electrons. The Balaban J connectivity index is 0.00000220.